The van der Waals surface area contributed by atoms with Gasteiger partial charge in [0.1, 0.15) is 0 Å². The summed E-state index contributed by atoms with van der Waals surface area (Å²) in [5.74, 6) is -1.04. The van der Waals surface area contributed by atoms with Gasteiger partial charge in [0.25, 0.3) is 17.7 Å². The van der Waals surface area contributed by atoms with Gasteiger partial charge in [0.2, 0.25) is 0 Å². The first-order valence-corrected chi connectivity index (χ1v) is 11.6. The van der Waals surface area contributed by atoms with Crippen LogP contribution < -0.4 is 5.32 Å². The highest BCUT2D eigenvalue weighted by atomic mass is 16.2. The summed E-state index contributed by atoms with van der Waals surface area (Å²) in [5.41, 5.74) is 2.55. The molecule has 0 atom stereocenters. The van der Waals surface area contributed by atoms with Crippen LogP contribution in [0.1, 0.15) is 50.5 Å². The summed E-state index contributed by atoms with van der Waals surface area (Å²) in [5, 5.41) is 7.13. The molecule has 3 aromatic rings. The van der Waals surface area contributed by atoms with Crippen LogP contribution in [0.15, 0.2) is 60.9 Å². The Morgan fingerprint density at radius 2 is 1.71 bits per heavy atom. The van der Waals surface area contributed by atoms with Crippen molar-refractivity contribution in [1.29, 1.82) is 0 Å². The van der Waals surface area contributed by atoms with E-state index in [4.69, 9.17) is 0 Å². The fraction of sp³-hybridized carbons (Fsp3) is 0.308. The molecule has 0 aliphatic carbocycles. The van der Waals surface area contributed by atoms with Crippen molar-refractivity contribution in [3.8, 4) is 0 Å². The number of likely N-dealkylation sites (N-methyl/N-ethyl adjacent to an activating group) is 1. The quantitative estimate of drug-likeness (QED) is 0.470. The lowest BCUT2D eigenvalue weighted by Crippen LogP contribution is -2.31. The van der Waals surface area contributed by atoms with Crippen LogP contribution in [-0.4, -0.2) is 63.5 Å². The van der Waals surface area contributed by atoms with Crippen molar-refractivity contribution >= 4 is 23.4 Å². The van der Waals surface area contributed by atoms with Crippen molar-refractivity contribution in [1.82, 2.24) is 19.6 Å². The second kappa shape index (κ2) is 10.4. The molecule has 8 heteroatoms. The normalized spacial score (nSPS) is 13.0. The number of rotatable bonds is 10. The molecule has 1 aromatic heterocycles. The van der Waals surface area contributed by atoms with Crippen LogP contribution in [0.2, 0.25) is 0 Å². The lowest BCUT2D eigenvalue weighted by molar-refractivity contribution is 0.0656. The van der Waals surface area contributed by atoms with E-state index in [1.807, 2.05) is 30.3 Å². The summed E-state index contributed by atoms with van der Waals surface area (Å²) in [6.07, 6.45) is 3.97. The van der Waals surface area contributed by atoms with E-state index in [0.717, 1.165) is 31.7 Å². The highest BCUT2D eigenvalue weighted by Gasteiger charge is 2.35. The highest BCUT2D eigenvalue weighted by molar-refractivity contribution is 6.22. The maximum absolute atomic E-state index is 12.9. The Morgan fingerprint density at radius 3 is 2.44 bits per heavy atom. The molecule has 176 valence electrons. The molecule has 3 amide bonds. The van der Waals surface area contributed by atoms with E-state index in [1.54, 1.807) is 29.2 Å². The van der Waals surface area contributed by atoms with Gasteiger partial charge in [0, 0.05) is 24.8 Å². The summed E-state index contributed by atoms with van der Waals surface area (Å²) < 4.78 is 1.80. The lowest BCUT2D eigenvalue weighted by Gasteiger charge is -2.17. The third-order valence-electron chi connectivity index (χ3n) is 6.13. The maximum Gasteiger partial charge on any atom is 0.261 e. The monoisotopic (exact) mass is 459 g/mol. The van der Waals surface area contributed by atoms with Crippen molar-refractivity contribution in [3.05, 3.63) is 83.2 Å². The van der Waals surface area contributed by atoms with E-state index in [-0.39, 0.29) is 23.3 Å². The third kappa shape index (κ3) is 5.07. The zero-order valence-corrected chi connectivity index (χ0v) is 19.5. The molecule has 1 aliphatic heterocycles. The summed E-state index contributed by atoms with van der Waals surface area (Å²) in [6.45, 7) is 8.10. The Hall–Kier alpha value is -3.78. The molecule has 8 nitrogen and oxygen atoms in total. The summed E-state index contributed by atoms with van der Waals surface area (Å²) in [6, 6.07) is 14.3. The number of nitrogens with zero attached hydrogens (tertiary/aromatic N) is 4. The SMILES string of the molecule is CCN(CC)CCn1cc(NC(=O)c2ccc3c(c2)C(=O)N(CCc2ccccc2)C3=O)cn1. The topological polar surface area (TPSA) is 87.5 Å². The van der Waals surface area contributed by atoms with Gasteiger partial charge in [-0.25, -0.2) is 0 Å². The molecule has 2 heterocycles. The van der Waals surface area contributed by atoms with Crippen LogP contribution in [0.5, 0.6) is 0 Å². The Kier molecular flexibility index (Phi) is 7.18. The second-order valence-electron chi connectivity index (χ2n) is 8.23. The van der Waals surface area contributed by atoms with E-state index < -0.39 is 0 Å². The minimum atomic E-state index is -0.366. The van der Waals surface area contributed by atoms with Crippen molar-refractivity contribution in [3.63, 3.8) is 0 Å². The van der Waals surface area contributed by atoms with Crippen LogP contribution >= 0.6 is 0 Å². The number of anilines is 1. The minimum absolute atomic E-state index is 0.264. The van der Waals surface area contributed by atoms with Crippen molar-refractivity contribution in [2.24, 2.45) is 0 Å². The molecule has 0 fully saturated rings. The zero-order chi connectivity index (χ0) is 24.1. The summed E-state index contributed by atoms with van der Waals surface area (Å²) in [4.78, 5) is 42.0. The van der Waals surface area contributed by atoms with Gasteiger partial charge in [-0.3, -0.25) is 24.0 Å². The second-order valence-corrected chi connectivity index (χ2v) is 8.23. The molecule has 0 saturated carbocycles. The number of fused-ring (bicyclic) bond motifs is 1. The van der Waals surface area contributed by atoms with Gasteiger partial charge in [-0.2, -0.15) is 5.10 Å². The number of carbonyl (C=O) groups excluding carboxylic acids is 3. The number of hydrogen-bond acceptors (Lipinski definition) is 5. The van der Waals surface area contributed by atoms with E-state index >= 15 is 0 Å². The molecule has 1 aliphatic rings. The van der Waals surface area contributed by atoms with Gasteiger partial charge in [0.15, 0.2) is 0 Å². The van der Waals surface area contributed by atoms with Crippen LogP contribution in [0, 0.1) is 0 Å². The first kappa shape index (κ1) is 23.4. The average Bonchev–Trinajstić information content (AvgIpc) is 3.40. The molecule has 0 radical (unpaired) electrons. The zero-order valence-electron chi connectivity index (χ0n) is 19.5. The van der Waals surface area contributed by atoms with Crippen molar-refractivity contribution in [2.75, 3.05) is 31.5 Å². The summed E-state index contributed by atoms with van der Waals surface area (Å²) in [7, 11) is 0. The number of imide groups is 1. The largest absolute Gasteiger partial charge is 0.319 e. The van der Waals surface area contributed by atoms with E-state index in [0.29, 0.717) is 29.8 Å². The van der Waals surface area contributed by atoms with Crippen molar-refractivity contribution in [2.45, 2.75) is 26.8 Å². The summed E-state index contributed by atoms with van der Waals surface area (Å²) >= 11 is 0. The van der Waals surface area contributed by atoms with E-state index in [2.05, 4.69) is 29.2 Å². The Balaban J connectivity index is 1.40. The first-order chi connectivity index (χ1) is 16.5. The average molecular weight is 460 g/mol. The smallest absolute Gasteiger partial charge is 0.261 e. The number of aromatic nitrogens is 2. The third-order valence-corrected chi connectivity index (χ3v) is 6.13. The van der Waals surface area contributed by atoms with Crippen LogP contribution in [0.4, 0.5) is 5.69 Å². The van der Waals surface area contributed by atoms with Gasteiger partial charge in [0.05, 0.1) is 29.6 Å². The molecule has 4 rings (SSSR count). The van der Waals surface area contributed by atoms with E-state index in [9.17, 15) is 14.4 Å². The Labute approximate surface area is 199 Å². The number of benzene rings is 2. The molecule has 34 heavy (non-hydrogen) atoms. The Bertz CT molecular complexity index is 1180. The van der Waals surface area contributed by atoms with Gasteiger partial charge < -0.3 is 10.2 Å². The maximum atomic E-state index is 12.9. The van der Waals surface area contributed by atoms with Crippen LogP contribution in [0.3, 0.4) is 0 Å². The molecule has 0 bridgehead atoms. The Morgan fingerprint density at radius 1 is 0.971 bits per heavy atom. The fourth-order valence-corrected chi connectivity index (χ4v) is 4.06. The van der Waals surface area contributed by atoms with Crippen molar-refractivity contribution < 1.29 is 14.4 Å². The van der Waals surface area contributed by atoms with Crippen LogP contribution in [0.25, 0.3) is 0 Å². The molecule has 0 unspecified atom stereocenters. The fourth-order valence-electron chi connectivity index (χ4n) is 4.06. The van der Waals surface area contributed by atoms with Crippen LogP contribution in [-0.2, 0) is 13.0 Å². The van der Waals surface area contributed by atoms with Gasteiger partial charge in [-0.15, -0.1) is 0 Å². The molecule has 2 aromatic carbocycles. The number of carbonyl (C=O) groups is 3. The predicted octanol–water partition coefficient (Wildman–Crippen LogP) is 3.32. The van der Waals surface area contributed by atoms with E-state index in [1.165, 1.54) is 11.0 Å². The standard InChI is InChI=1S/C26H29N5O3/c1-3-29(4-2)14-15-30-18-21(17-27-30)28-24(32)20-10-11-22-23(16-20)26(34)31(25(22)33)13-12-19-8-6-5-7-9-19/h5-11,16-18H,3-4,12-15H2,1-2H3,(H,28,32). The molecule has 1 N–H and O–H groups in total. The predicted molar refractivity (Wildman–Crippen MR) is 130 cm³/mol. The van der Waals surface area contributed by atoms with Gasteiger partial charge >= 0.3 is 0 Å². The molecule has 0 spiro atoms. The number of nitrogens with one attached hydrogen (secondary N) is 1. The highest BCUT2D eigenvalue weighted by Crippen LogP contribution is 2.25. The first-order valence-electron chi connectivity index (χ1n) is 11.6. The van der Waals surface area contributed by atoms with Gasteiger partial charge in [-0.05, 0) is 43.3 Å². The number of hydrogen-bond donors (Lipinski definition) is 1. The minimum Gasteiger partial charge on any atom is -0.319 e. The molecule has 0 saturated heterocycles. The lowest BCUT2D eigenvalue weighted by atomic mass is 10.1. The van der Waals surface area contributed by atoms with Gasteiger partial charge in [-0.1, -0.05) is 44.2 Å². The molecular formula is C26H29N5O3. The number of amides is 3. The molecular weight excluding hydrogens is 430 g/mol.